The van der Waals surface area contributed by atoms with Crippen LogP contribution in [-0.2, 0) is 9.53 Å². The second-order valence-electron chi connectivity index (χ2n) is 9.73. The molecule has 1 fully saturated rings. The lowest BCUT2D eigenvalue weighted by molar-refractivity contribution is -0.156. The van der Waals surface area contributed by atoms with E-state index in [4.69, 9.17) is 4.74 Å². The third kappa shape index (κ3) is 4.54. The van der Waals surface area contributed by atoms with E-state index in [2.05, 4.69) is 33.8 Å². The van der Waals surface area contributed by atoms with Crippen molar-refractivity contribution in [2.45, 2.75) is 72.5 Å². The van der Waals surface area contributed by atoms with Crippen molar-refractivity contribution in [3.63, 3.8) is 0 Å². The summed E-state index contributed by atoms with van der Waals surface area (Å²) < 4.78 is 19.1. The average Bonchev–Trinajstić information content (AvgIpc) is 2.50. The summed E-state index contributed by atoms with van der Waals surface area (Å²) in [6.07, 6.45) is 5.30. The van der Waals surface area contributed by atoms with Crippen LogP contribution in [0, 0.1) is 23.6 Å². The Hall–Kier alpha value is -1.94. The van der Waals surface area contributed by atoms with Crippen molar-refractivity contribution in [1.29, 1.82) is 0 Å². The number of ether oxygens (including phenoxy) is 1. The average molecular weight is 387 g/mol. The van der Waals surface area contributed by atoms with Crippen molar-refractivity contribution in [2.24, 2.45) is 10.8 Å². The fourth-order valence-corrected chi connectivity index (χ4v) is 5.00. The molecule has 0 amide bonds. The molecule has 1 aromatic carbocycles. The van der Waals surface area contributed by atoms with Gasteiger partial charge < -0.3 is 9.84 Å². The summed E-state index contributed by atoms with van der Waals surface area (Å²) in [5, 5.41) is 9.87. The number of halogens is 1. The molecule has 0 bridgehead atoms. The first-order valence-electron chi connectivity index (χ1n) is 10.0. The van der Waals surface area contributed by atoms with Crippen LogP contribution in [0.25, 0.3) is 5.57 Å². The van der Waals surface area contributed by atoms with Crippen molar-refractivity contribution in [3.05, 3.63) is 52.9 Å². The first-order chi connectivity index (χ1) is 13.0. The Balaban J connectivity index is 2.06. The van der Waals surface area contributed by atoms with Gasteiger partial charge in [0.25, 0.3) is 0 Å². The number of carbonyl (C=O) groups is 1. The van der Waals surface area contributed by atoms with E-state index in [-0.39, 0.29) is 29.0 Å². The van der Waals surface area contributed by atoms with E-state index < -0.39 is 12.2 Å². The normalized spacial score (nSPS) is 27.2. The fourth-order valence-electron chi connectivity index (χ4n) is 5.00. The van der Waals surface area contributed by atoms with Gasteiger partial charge in [-0.2, -0.15) is 0 Å². The van der Waals surface area contributed by atoms with Gasteiger partial charge in [0.05, 0.1) is 12.5 Å². The van der Waals surface area contributed by atoms with Crippen LogP contribution in [0.15, 0.2) is 35.9 Å². The Labute approximate surface area is 167 Å². The second-order valence-corrected chi connectivity index (χ2v) is 9.73. The van der Waals surface area contributed by atoms with Crippen LogP contribution in [0.2, 0.25) is 0 Å². The number of rotatable bonds is 3. The lowest BCUT2D eigenvalue weighted by Gasteiger charge is -2.43. The van der Waals surface area contributed by atoms with Crippen LogP contribution >= 0.6 is 0 Å². The van der Waals surface area contributed by atoms with Crippen LogP contribution in [0.4, 0.5) is 4.39 Å². The number of aliphatic hydroxyl groups is 1. The molecule has 0 aromatic heterocycles. The van der Waals surface area contributed by atoms with Gasteiger partial charge in [0.2, 0.25) is 0 Å². The van der Waals surface area contributed by atoms with Gasteiger partial charge in [0, 0.05) is 6.42 Å². The zero-order valence-corrected chi connectivity index (χ0v) is 17.5. The number of allylic oxidation sites excluding steroid dienone is 3. The summed E-state index contributed by atoms with van der Waals surface area (Å²) >= 11 is 0. The second kappa shape index (κ2) is 7.47. The lowest BCUT2D eigenvalue weighted by Crippen LogP contribution is -2.32. The molecule has 1 saturated heterocycles. The summed E-state index contributed by atoms with van der Waals surface area (Å²) in [6, 6.07) is 4.97. The van der Waals surface area contributed by atoms with E-state index in [9.17, 15) is 14.3 Å². The fraction of sp³-hybridized carbons (Fsp3) is 0.542. The maximum absolute atomic E-state index is 13.7. The molecule has 2 atom stereocenters. The number of carbonyl (C=O) groups excluding carboxylic acids is 1. The van der Waals surface area contributed by atoms with Gasteiger partial charge >= 0.3 is 5.97 Å². The minimum absolute atomic E-state index is 0.0622. The lowest BCUT2D eigenvalue weighted by atomic mass is 9.61. The Morgan fingerprint density at radius 2 is 1.96 bits per heavy atom. The third-order valence-electron chi connectivity index (χ3n) is 5.81. The predicted octanol–water partition coefficient (Wildman–Crippen LogP) is 5.36. The Bertz CT molecular complexity index is 832. The van der Waals surface area contributed by atoms with E-state index in [1.165, 1.54) is 17.2 Å². The number of aliphatic hydroxyl groups excluding tert-OH is 1. The molecule has 3 rings (SSSR count). The quantitative estimate of drug-likeness (QED) is 0.712. The number of cyclic esters (lactones) is 1. The molecule has 152 valence electrons. The minimum atomic E-state index is -0.651. The monoisotopic (exact) mass is 386 g/mol. The molecule has 28 heavy (non-hydrogen) atoms. The number of hydrogen-bond donors (Lipinski definition) is 1. The molecule has 3 nitrogen and oxygen atoms in total. The van der Waals surface area contributed by atoms with Crippen molar-refractivity contribution < 1.29 is 19.0 Å². The number of aryl methyl sites for hydroxylation is 1. The molecule has 1 N–H and O–H groups in total. The summed E-state index contributed by atoms with van der Waals surface area (Å²) in [5.41, 5.74) is 4.46. The van der Waals surface area contributed by atoms with Crippen molar-refractivity contribution in [1.82, 2.24) is 0 Å². The van der Waals surface area contributed by atoms with Crippen molar-refractivity contribution in [2.75, 3.05) is 0 Å². The molecule has 0 saturated carbocycles. The Morgan fingerprint density at radius 1 is 1.25 bits per heavy atom. The van der Waals surface area contributed by atoms with E-state index in [1.807, 2.05) is 19.1 Å². The largest absolute Gasteiger partial charge is 0.458 e. The van der Waals surface area contributed by atoms with Gasteiger partial charge in [0.15, 0.2) is 0 Å². The number of hydrogen-bond acceptors (Lipinski definition) is 3. The standard InChI is InChI=1S/C24H31FO3/c1-15-10-16(25)6-8-19(15)20-13-23(2,3)14-24(4,5)21(20)9-7-18-11-17(26)12-22(27)28-18/h6-10,17-18,26H,11-14H2,1-5H3/b9-7+/t17-,18-/m0/s1. The summed E-state index contributed by atoms with van der Waals surface area (Å²) in [6.45, 7) is 10.9. The first kappa shape index (κ1) is 20.8. The highest BCUT2D eigenvalue weighted by atomic mass is 19.1. The molecule has 0 spiro atoms. The Kier molecular flexibility index (Phi) is 5.55. The van der Waals surface area contributed by atoms with Gasteiger partial charge in [-0.3, -0.25) is 4.79 Å². The highest BCUT2D eigenvalue weighted by molar-refractivity contribution is 5.76. The van der Waals surface area contributed by atoms with Crippen LogP contribution in [0.5, 0.6) is 0 Å². The van der Waals surface area contributed by atoms with Gasteiger partial charge in [0.1, 0.15) is 11.9 Å². The zero-order chi connectivity index (χ0) is 20.7. The molecule has 0 unspecified atom stereocenters. The van der Waals surface area contributed by atoms with Gasteiger partial charge in [-0.1, -0.05) is 39.8 Å². The third-order valence-corrected chi connectivity index (χ3v) is 5.81. The Morgan fingerprint density at radius 3 is 2.61 bits per heavy atom. The molecular formula is C24H31FO3. The highest BCUT2D eigenvalue weighted by Crippen LogP contribution is 2.52. The van der Waals surface area contributed by atoms with Crippen molar-refractivity contribution in [3.8, 4) is 0 Å². The van der Waals surface area contributed by atoms with Crippen LogP contribution in [0.3, 0.4) is 0 Å². The SMILES string of the molecule is Cc1cc(F)ccc1C1=C(/C=C/[C@H]2C[C@H](O)CC(=O)O2)C(C)(C)CC(C)(C)C1. The number of esters is 1. The molecule has 0 radical (unpaired) electrons. The highest BCUT2D eigenvalue weighted by Gasteiger charge is 2.39. The first-order valence-corrected chi connectivity index (χ1v) is 10.0. The molecule has 2 aliphatic rings. The van der Waals surface area contributed by atoms with E-state index in [0.29, 0.717) is 6.42 Å². The maximum atomic E-state index is 13.7. The summed E-state index contributed by atoms with van der Waals surface area (Å²) in [4.78, 5) is 11.6. The van der Waals surface area contributed by atoms with Gasteiger partial charge in [-0.25, -0.2) is 4.39 Å². The minimum Gasteiger partial charge on any atom is -0.458 e. The molecular weight excluding hydrogens is 355 g/mol. The van der Waals surface area contributed by atoms with Crippen molar-refractivity contribution >= 4 is 11.5 Å². The zero-order valence-electron chi connectivity index (χ0n) is 17.5. The number of benzene rings is 1. The van der Waals surface area contributed by atoms with E-state index >= 15 is 0 Å². The topological polar surface area (TPSA) is 46.5 Å². The molecule has 1 aromatic rings. The van der Waals surface area contributed by atoms with E-state index in [1.54, 1.807) is 6.07 Å². The van der Waals surface area contributed by atoms with Gasteiger partial charge in [-0.15, -0.1) is 0 Å². The summed E-state index contributed by atoms with van der Waals surface area (Å²) in [7, 11) is 0. The smallest absolute Gasteiger partial charge is 0.309 e. The van der Waals surface area contributed by atoms with Crippen LogP contribution < -0.4 is 0 Å². The summed E-state index contributed by atoms with van der Waals surface area (Å²) in [5.74, 6) is -0.586. The molecule has 1 aliphatic carbocycles. The van der Waals surface area contributed by atoms with Crippen LogP contribution in [-0.4, -0.2) is 23.3 Å². The van der Waals surface area contributed by atoms with Gasteiger partial charge in [-0.05, 0) is 71.1 Å². The predicted molar refractivity (Wildman–Crippen MR) is 109 cm³/mol. The molecule has 1 aliphatic heterocycles. The maximum Gasteiger partial charge on any atom is 0.309 e. The molecule has 4 heteroatoms. The molecule has 1 heterocycles. The van der Waals surface area contributed by atoms with E-state index in [0.717, 1.165) is 24.0 Å². The van der Waals surface area contributed by atoms with Crippen LogP contribution in [0.1, 0.15) is 64.5 Å².